The van der Waals surface area contributed by atoms with Crippen molar-refractivity contribution in [3.05, 3.63) is 34.9 Å². The Hall–Kier alpha value is -0.530. The zero-order valence-corrected chi connectivity index (χ0v) is 12.0. The molecule has 1 aromatic rings. The number of benzene rings is 1. The maximum Gasteiger partial charge on any atom is 0.0409 e. The first kappa shape index (κ1) is 13.9. The van der Waals surface area contributed by atoms with E-state index in [1.54, 1.807) is 0 Å². The maximum absolute atomic E-state index is 6.01. The Labute approximate surface area is 116 Å². The fourth-order valence-corrected chi connectivity index (χ4v) is 3.29. The summed E-state index contributed by atoms with van der Waals surface area (Å²) in [6.07, 6.45) is 8.30. The van der Waals surface area contributed by atoms with Crippen LogP contribution < -0.4 is 5.32 Å². The second kappa shape index (κ2) is 7.16. The van der Waals surface area contributed by atoms with Gasteiger partial charge >= 0.3 is 0 Å². The van der Waals surface area contributed by atoms with Crippen molar-refractivity contribution in [3.63, 3.8) is 0 Å². The van der Waals surface area contributed by atoms with Gasteiger partial charge in [-0.05, 0) is 42.9 Å². The minimum absolute atomic E-state index is 0.671. The molecule has 0 aromatic heterocycles. The van der Waals surface area contributed by atoms with Gasteiger partial charge in [0.1, 0.15) is 0 Å². The molecule has 0 aliphatic heterocycles. The molecule has 1 aliphatic rings. The molecule has 1 unspecified atom stereocenters. The molecule has 0 saturated heterocycles. The van der Waals surface area contributed by atoms with Gasteiger partial charge in [-0.1, -0.05) is 49.9 Å². The number of halogens is 1. The lowest BCUT2D eigenvalue weighted by molar-refractivity contribution is 0.262. The third kappa shape index (κ3) is 4.00. The Morgan fingerprint density at radius 1 is 1.28 bits per heavy atom. The van der Waals surface area contributed by atoms with Gasteiger partial charge in [-0.3, -0.25) is 0 Å². The monoisotopic (exact) mass is 265 g/mol. The Kier molecular flexibility index (Phi) is 5.52. The molecule has 0 amide bonds. The van der Waals surface area contributed by atoms with Crippen LogP contribution >= 0.6 is 11.6 Å². The molecule has 1 atom stereocenters. The maximum atomic E-state index is 6.01. The standard InChI is InChI=1S/C16H24ClN/c1-2-16(14-8-4-3-5-9-14)18-12-13-7-6-10-15(17)11-13/h6-7,10-11,14,16,18H,2-5,8-9,12H2,1H3. The fraction of sp³-hybridized carbons (Fsp3) is 0.625. The first-order valence-corrected chi connectivity index (χ1v) is 7.65. The first-order chi connectivity index (χ1) is 8.79. The molecule has 100 valence electrons. The lowest BCUT2D eigenvalue weighted by atomic mass is 9.83. The van der Waals surface area contributed by atoms with Gasteiger partial charge in [-0.25, -0.2) is 0 Å². The van der Waals surface area contributed by atoms with Gasteiger partial charge in [0.25, 0.3) is 0 Å². The quantitative estimate of drug-likeness (QED) is 0.807. The molecule has 2 heteroatoms. The topological polar surface area (TPSA) is 12.0 Å². The van der Waals surface area contributed by atoms with Crippen LogP contribution in [0.25, 0.3) is 0 Å². The molecule has 1 aromatic carbocycles. The van der Waals surface area contributed by atoms with E-state index < -0.39 is 0 Å². The van der Waals surface area contributed by atoms with E-state index in [0.717, 1.165) is 17.5 Å². The highest BCUT2D eigenvalue weighted by Crippen LogP contribution is 2.27. The van der Waals surface area contributed by atoms with Crippen molar-refractivity contribution < 1.29 is 0 Å². The summed E-state index contributed by atoms with van der Waals surface area (Å²) >= 11 is 6.01. The smallest absolute Gasteiger partial charge is 0.0409 e. The Morgan fingerprint density at radius 3 is 2.72 bits per heavy atom. The van der Waals surface area contributed by atoms with Gasteiger partial charge in [0.2, 0.25) is 0 Å². The predicted octanol–water partition coefficient (Wildman–Crippen LogP) is 4.79. The summed E-state index contributed by atoms with van der Waals surface area (Å²) in [5, 5.41) is 4.56. The Bertz CT molecular complexity index is 358. The van der Waals surface area contributed by atoms with Crippen molar-refractivity contribution >= 4 is 11.6 Å². The van der Waals surface area contributed by atoms with Crippen LogP contribution in [-0.4, -0.2) is 6.04 Å². The molecule has 0 heterocycles. The average molecular weight is 266 g/mol. The molecule has 1 saturated carbocycles. The minimum Gasteiger partial charge on any atom is -0.310 e. The summed E-state index contributed by atoms with van der Waals surface area (Å²) in [5.41, 5.74) is 1.29. The van der Waals surface area contributed by atoms with E-state index in [0.29, 0.717) is 6.04 Å². The third-order valence-electron chi connectivity index (χ3n) is 4.12. The summed E-state index contributed by atoms with van der Waals surface area (Å²) in [7, 11) is 0. The van der Waals surface area contributed by atoms with Crippen LogP contribution in [0.15, 0.2) is 24.3 Å². The highest BCUT2D eigenvalue weighted by molar-refractivity contribution is 6.30. The molecule has 18 heavy (non-hydrogen) atoms. The van der Waals surface area contributed by atoms with Crippen LogP contribution in [0.3, 0.4) is 0 Å². The van der Waals surface area contributed by atoms with Crippen LogP contribution in [0, 0.1) is 5.92 Å². The summed E-state index contributed by atoms with van der Waals surface area (Å²) in [6, 6.07) is 8.84. The lowest BCUT2D eigenvalue weighted by Gasteiger charge is -2.30. The lowest BCUT2D eigenvalue weighted by Crippen LogP contribution is -2.36. The normalized spacial score (nSPS) is 18.8. The van der Waals surface area contributed by atoms with Crippen molar-refractivity contribution in [1.82, 2.24) is 5.32 Å². The number of nitrogens with one attached hydrogen (secondary N) is 1. The van der Waals surface area contributed by atoms with E-state index in [1.807, 2.05) is 12.1 Å². The van der Waals surface area contributed by atoms with Crippen LogP contribution in [0.2, 0.25) is 5.02 Å². The van der Waals surface area contributed by atoms with Crippen molar-refractivity contribution in [2.24, 2.45) is 5.92 Å². The van der Waals surface area contributed by atoms with E-state index in [-0.39, 0.29) is 0 Å². The van der Waals surface area contributed by atoms with E-state index >= 15 is 0 Å². The van der Waals surface area contributed by atoms with Gasteiger partial charge in [-0.2, -0.15) is 0 Å². The second-order valence-corrected chi connectivity index (χ2v) is 5.86. The van der Waals surface area contributed by atoms with Crippen molar-refractivity contribution in [1.29, 1.82) is 0 Å². The molecule has 1 N–H and O–H groups in total. The third-order valence-corrected chi connectivity index (χ3v) is 4.35. The van der Waals surface area contributed by atoms with E-state index in [9.17, 15) is 0 Å². The number of hydrogen-bond acceptors (Lipinski definition) is 1. The summed E-state index contributed by atoms with van der Waals surface area (Å²) in [6.45, 7) is 3.24. The summed E-state index contributed by atoms with van der Waals surface area (Å²) in [5.74, 6) is 0.878. The first-order valence-electron chi connectivity index (χ1n) is 7.27. The van der Waals surface area contributed by atoms with Crippen LogP contribution in [-0.2, 0) is 6.54 Å². The minimum atomic E-state index is 0.671. The van der Waals surface area contributed by atoms with Crippen LogP contribution in [0.4, 0.5) is 0 Å². The van der Waals surface area contributed by atoms with Crippen LogP contribution in [0.5, 0.6) is 0 Å². The van der Waals surface area contributed by atoms with Gasteiger partial charge < -0.3 is 5.32 Å². The molecule has 0 bridgehead atoms. The molecule has 0 radical (unpaired) electrons. The van der Waals surface area contributed by atoms with E-state index in [2.05, 4.69) is 24.4 Å². The number of rotatable bonds is 5. The average Bonchev–Trinajstić information content (AvgIpc) is 2.41. The van der Waals surface area contributed by atoms with Gasteiger partial charge in [0, 0.05) is 17.6 Å². The predicted molar refractivity (Wildman–Crippen MR) is 78.9 cm³/mol. The van der Waals surface area contributed by atoms with E-state index in [1.165, 1.54) is 44.1 Å². The van der Waals surface area contributed by atoms with Crippen molar-refractivity contribution in [3.8, 4) is 0 Å². The largest absolute Gasteiger partial charge is 0.310 e. The number of hydrogen-bond donors (Lipinski definition) is 1. The van der Waals surface area contributed by atoms with Crippen molar-refractivity contribution in [2.75, 3.05) is 0 Å². The molecule has 2 rings (SSSR count). The zero-order chi connectivity index (χ0) is 12.8. The molecule has 1 aliphatic carbocycles. The van der Waals surface area contributed by atoms with Gasteiger partial charge in [0.15, 0.2) is 0 Å². The Morgan fingerprint density at radius 2 is 2.06 bits per heavy atom. The molecule has 0 spiro atoms. The van der Waals surface area contributed by atoms with Crippen molar-refractivity contribution in [2.45, 2.75) is 58.0 Å². The SMILES string of the molecule is CCC(NCc1cccc(Cl)c1)C1CCCCC1. The molecular formula is C16H24ClN. The molecule has 1 fully saturated rings. The van der Waals surface area contributed by atoms with Gasteiger partial charge in [-0.15, -0.1) is 0 Å². The second-order valence-electron chi connectivity index (χ2n) is 5.42. The summed E-state index contributed by atoms with van der Waals surface area (Å²) < 4.78 is 0. The fourth-order valence-electron chi connectivity index (χ4n) is 3.08. The summed E-state index contributed by atoms with van der Waals surface area (Å²) in [4.78, 5) is 0. The Balaban J connectivity index is 1.86. The molecular weight excluding hydrogens is 242 g/mol. The van der Waals surface area contributed by atoms with Gasteiger partial charge in [0.05, 0.1) is 0 Å². The zero-order valence-electron chi connectivity index (χ0n) is 11.3. The highest BCUT2D eigenvalue weighted by Gasteiger charge is 2.21. The van der Waals surface area contributed by atoms with E-state index in [4.69, 9.17) is 11.6 Å². The molecule has 1 nitrogen and oxygen atoms in total. The van der Waals surface area contributed by atoms with Crippen LogP contribution in [0.1, 0.15) is 51.0 Å². The highest BCUT2D eigenvalue weighted by atomic mass is 35.5.